The second-order valence-electron chi connectivity index (χ2n) is 3.90. The van der Waals surface area contributed by atoms with E-state index < -0.39 is 0 Å². The first-order valence-electron chi connectivity index (χ1n) is 5.48. The Bertz CT molecular complexity index is 518. The molecule has 5 heteroatoms. The molecule has 0 saturated carbocycles. The van der Waals surface area contributed by atoms with E-state index in [2.05, 4.69) is 16.9 Å². The van der Waals surface area contributed by atoms with E-state index in [1.807, 2.05) is 18.2 Å². The summed E-state index contributed by atoms with van der Waals surface area (Å²) in [5, 5.41) is 11.1. The van der Waals surface area contributed by atoms with Crippen molar-refractivity contribution in [2.24, 2.45) is 0 Å². The number of aromatic nitrogens is 2. The molecule has 0 aliphatic heterocycles. The Balaban J connectivity index is 2.36. The maximum absolute atomic E-state index is 8.91. The molecule has 0 bridgehead atoms. The van der Waals surface area contributed by atoms with Crippen molar-refractivity contribution in [2.75, 3.05) is 12.3 Å². The Morgan fingerprint density at radius 3 is 3.00 bits per heavy atom. The van der Waals surface area contributed by atoms with Crippen LogP contribution in [0.3, 0.4) is 0 Å². The first-order chi connectivity index (χ1) is 8.20. The van der Waals surface area contributed by atoms with E-state index in [0.29, 0.717) is 10.9 Å². The number of thioether (sulfide) groups is 1. The number of nitrogen functional groups attached to an aromatic ring is 1. The van der Waals surface area contributed by atoms with Crippen LogP contribution < -0.4 is 5.73 Å². The summed E-state index contributed by atoms with van der Waals surface area (Å²) in [6.45, 7) is 2.26. The summed E-state index contributed by atoms with van der Waals surface area (Å²) in [4.78, 5) is 8.49. The maximum atomic E-state index is 8.91. The molecule has 17 heavy (non-hydrogen) atoms. The number of aliphatic hydroxyl groups is 1. The predicted molar refractivity (Wildman–Crippen MR) is 71.0 cm³/mol. The lowest BCUT2D eigenvalue weighted by atomic mass is 10.2. The molecule has 2 rings (SSSR count). The Hall–Kier alpha value is -1.33. The molecule has 1 heterocycles. The third-order valence-electron chi connectivity index (χ3n) is 2.47. The molecule has 1 aromatic heterocycles. The number of benzene rings is 1. The van der Waals surface area contributed by atoms with E-state index in [1.54, 1.807) is 18.1 Å². The van der Waals surface area contributed by atoms with Gasteiger partial charge in [-0.05, 0) is 24.6 Å². The number of hydrogen-bond donors (Lipinski definition) is 2. The lowest BCUT2D eigenvalue weighted by Crippen LogP contribution is -2.00. The standard InChI is InChI=1S/C12H15N3OS/c1-8(4-5-16)17-12-10-6-9(13)2-3-11(10)14-7-15-12/h2-3,6-8,16H,4-5,13H2,1H3. The highest BCUT2D eigenvalue weighted by Crippen LogP contribution is 2.29. The summed E-state index contributed by atoms with van der Waals surface area (Å²) in [6.07, 6.45) is 2.31. The molecule has 0 aliphatic rings. The van der Waals surface area contributed by atoms with Gasteiger partial charge in [-0.15, -0.1) is 11.8 Å². The molecule has 90 valence electrons. The van der Waals surface area contributed by atoms with Gasteiger partial charge in [0.25, 0.3) is 0 Å². The molecule has 4 nitrogen and oxygen atoms in total. The second kappa shape index (κ2) is 5.33. The summed E-state index contributed by atoms with van der Waals surface area (Å²) in [5.74, 6) is 0. The van der Waals surface area contributed by atoms with Crippen molar-refractivity contribution < 1.29 is 5.11 Å². The topological polar surface area (TPSA) is 72.0 Å². The van der Waals surface area contributed by atoms with Crippen molar-refractivity contribution >= 4 is 28.4 Å². The molecule has 0 spiro atoms. The average molecular weight is 249 g/mol. The first kappa shape index (κ1) is 12.1. The van der Waals surface area contributed by atoms with E-state index in [4.69, 9.17) is 10.8 Å². The lowest BCUT2D eigenvalue weighted by molar-refractivity contribution is 0.289. The zero-order chi connectivity index (χ0) is 12.3. The van der Waals surface area contributed by atoms with E-state index in [9.17, 15) is 0 Å². The Labute approximate surface area is 104 Å². The number of fused-ring (bicyclic) bond motifs is 1. The molecule has 0 radical (unpaired) electrons. The minimum atomic E-state index is 0.194. The van der Waals surface area contributed by atoms with Gasteiger partial charge < -0.3 is 10.8 Å². The van der Waals surface area contributed by atoms with Crippen molar-refractivity contribution in [3.63, 3.8) is 0 Å². The van der Waals surface area contributed by atoms with Crippen molar-refractivity contribution in [2.45, 2.75) is 23.6 Å². The third-order valence-corrected chi connectivity index (χ3v) is 3.66. The molecule has 0 aliphatic carbocycles. The van der Waals surface area contributed by atoms with Crippen LogP contribution in [0.25, 0.3) is 10.9 Å². The van der Waals surface area contributed by atoms with Gasteiger partial charge in [-0.1, -0.05) is 6.92 Å². The van der Waals surface area contributed by atoms with Crippen LogP contribution >= 0.6 is 11.8 Å². The summed E-state index contributed by atoms with van der Waals surface area (Å²) in [7, 11) is 0. The van der Waals surface area contributed by atoms with Crippen LogP contribution in [-0.4, -0.2) is 26.9 Å². The fraction of sp³-hybridized carbons (Fsp3) is 0.333. The van der Waals surface area contributed by atoms with Crippen molar-refractivity contribution in [1.82, 2.24) is 9.97 Å². The number of anilines is 1. The normalized spacial score (nSPS) is 12.8. The van der Waals surface area contributed by atoms with Crippen LogP contribution in [0.4, 0.5) is 5.69 Å². The molecular formula is C12H15N3OS. The van der Waals surface area contributed by atoms with Crippen LogP contribution in [-0.2, 0) is 0 Å². The number of nitrogens with two attached hydrogens (primary N) is 1. The molecule has 2 aromatic rings. The van der Waals surface area contributed by atoms with Gasteiger partial charge in [0.2, 0.25) is 0 Å². The van der Waals surface area contributed by atoms with Gasteiger partial charge in [-0.2, -0.15) is 0 Å². The smallest absolute Gasteiger partial charge is 0.117 e. The third kappa shape index (κ3) is 2.87. The highest BCUT2D eigenvalue weighted by atomic mass is 32.2. The highest BCUT2D eigenvalue weighted by molar-refractivity contribution is 8.00. The number of hydrogen-bond acceptors (Lipinski definition) is 5. The summed E-state index contributed by atoms with van der Waals surface area (Å²) < 4.78 is 0. The van der Waals surface area contributed by atoms with Gasteiger partial charge in [0, 0.05) is 22.9 Å². The first-order valence-corrected chi connectivity index (χ1v) is 6.36. The van der Waals surface area contributed by atoms with Gasteiger partial charge in [-0.25, -0.2) is 9.97 Å². The van der Waals surface area contributed by atoms with Crippen LogP contribution in [0.2, 0.25) is 0 Å². The van der Waals surface area contributed by atoms with E-state index in [1.165, 1.54) is 0 Å². The fourth-order valence-electron chi connectivity index (χ4n) is 1.58. The molecule has 3 N–H and O–H groups in total. The molecular weight excluding hydrogens is 234 g/mol. The van der Waals surface area contributed by atoms with Gasteiger partial charge >= 0.3 is 0 Å². The zero-order valence-electron chi connectivity index (χ0n) is 9.63. The number of rotatable bonds is 4. The molecule has 0 saturated heterocycles. The highest BCUT2D eigenvalue weighted by Gasteiger charge is 2.09. The zero-order valence-corrected chi connectivity index (χ0v) is 10.4. The van der Waals surface area contributed by atoms with Crippen molar-refractivity contribution in [3.05, 3.63) is 24.5 Å². The predicted octanol–water partition coefficient (Wildman–Crippen LogP) is 2.07. The SMILES string of the molecule is CC(CCO)Sc1ncnc2ccc(N)cc12. The average Bonchev–Trinajstić information content (AvgIpc) is 2.30. The maximum Gasteiger partial charge on any atom is 0.117 e. The summed E-state index contributed by atoms with van der Waals surface area (Å²) in [6, 6.07) is 5.62. The van der Waals surface area contributed by atoms with Crippen LogP contribution in [0.15, 0.2) is 29.6 Å². The lowest BCUT2D eigenvalue weighted by Gasteiger charge is -2.10. The minimum Gasteiger partial charge on any atom is -0.399 e. The van der Waals surface area contributed by atoms with Gasteiger partial charge in [0.15, 0.2) is 0 Å². The monoisotopic (exact) mass is 249 g/mol. The summed E-state index contributed by atoms with van der Waals surface area (Å²) >= 11 is 1.64. The summed E-state index contributed by atoms with van der Waals surface area (Å²) in [5.41, 5.74) is 7.39. The molecule has 0 fully saturated rings. The van der Waals surface area contributed by atoms with Gasteiger partial charge in [-0.3, -0.25) is 0 Å². The van der Waals surface area contributed by atoms with E-state index in [-0.39, 0.29) is 6.61 Å². The van der Waals surface area contributed by atoms with E-state index >= 15 is 0 Å². The molecule has 1 unspecified atom stereocenters. The molecule has 1 aromatic carbocycles. The Morgan fingerprint density at radius 2 is 2.24 bits per heavy atom. The van der Waals surface area contributed by atoms with E-state index in [0.717, 1.165) is 22.3 Å². The second-order valence-corrected chi connectivity index (χ2v) is 5.32. The Morgan fingerprint density at radius 1 is 1.41 bits per heavy atom. The Kier molecular flexibility index (Phi) is 3.81. The van der Waals surface area contributed by atoms with Crippen LogP contribution in [0, 0.1) is 0 Å². The van der Waals surface area contributed by atoms with Crippen LogP contribution in [0.1, 0.15) is 13.3 Å². The number of nitrogens with zero attached hydrogens (tertiary/aromatic N) is 2. The quantitative estimate of drug-likeness (QED) is 0.493. The number of aliphatic hydroxyl groups excluding tert-OH is 1. The van der Waals surface area contributed by atoms with Gasteiger partial charge in [0.1, 0.15) is 11.4 Å². The molecule has 0 amide bonds. The van der Waals surface area contributed by atoms with Crippen LogP contribution in [0.5, 0.6) is 0 Å². The van der Waals surface area contributed by atoms with Crippen molar-refractivity contribution in [3.8, 4) is 0 Å². The van der Waals surface area contributed by atoms with Gasteiger partial charge in [0.05, 0.1) is 5.52 Å². The fourth-order valence-corrected chi connectivity index (χ4v) is 2.58. The molecule has 1 atom stereocenters. The minimum absolute atomic E-state index is 0.194. The largest absolute Gasteiger partial charge is 0.399 e. The van der Waals surface area contributed by atoms with Crippen molar-refractivity contribution in [1.29, 1.82) is 0 Å².